The summed E-state index contributed by atoms with van der Waals surface area (Å²) in [7, 11) is -3.57. The molecule has 0 saturated carbocycles. The first-order valence-corrected chi connectivity index (χ1v) is 10.3. The van der Waals surface area contributed by atoms with Crippen molar-refractivity contribution in [2.45, 2.75) is 31.6 Å². The molecule has 0 atom stereocenters. The highest BCUT2D eigenvalue weighted by Gasteiger charge is 2.13. The molecule has 0 unspecified atom stereocenters. The summed E-state index contributed by atoms with van der Waals surface area (Å²) in [5.41, 5.74) is 2.11. The van der Waals surface area contributed by atoms with Crippen molar-refractivity contribution in [3.05, 3.63) is 59.7 Å². The Balaban J connectivity index is 1.78. The Labute approximate surface area is 161 Å². The van der Waals surface area contributed by atoms with Gasteiger partial charge in [-0.15, -0.1) is 0 Å². The van der Waals surface area contributed by atoms with E-state index in [0.29, 0.717) is 5.75 Å². The number of sulfonamides is 1. The van der Waals surface area contributed by atoms with Gasteiger partial charge in [-0.1, -0.05) is 44.2 Å². The maximum Gasteiger partial charge on any atom is 0.257 e. The molecular formula is C20H26N2O4S. The molecule has 0 aliphatic heterocycles. The molecule has 27 heavy (non-hydrogen) atoms. The van der Waals surface area contributed by atoms with Crippen LogP contribution in [0.25, 0.3) is 0 Å². The summed E-state index contributed by atoms with van der Waals surface area (Å²) >= 11 is 0. The molecule has 0 aliphatic rings. The van der Waals surface area contributed by atoms with Crippen molar-refractivity contribution in [3.8, 4) is 5.75 Å². The van der Waals surface area contributed by atoms with Crippen molar-refractivity contribution < 1.29 is 17.9 Å². The van der Waals surface area contributed by atoms with Crippen LogP contribution >= 0.6 is 0 Å². The molecular weight excluding hydrogens is 364 g/mol. The third-order valence-corrected chi connectivity index (χ3v) is 5.42. The largest absolute Gasteiger partial charge is 0.483 e. The number of aryl methyl sites for hydroxylation is 1. The van der Waals surface area contributed by atoms with Gasteiger partial charge in [0.15, 0.2) is 6.61 Å². The molecule has 7 heteroatoms. The lowest BCUT2D eigenvalue weighted by molar-refractivity contribution is -0.123. The van der Waals surface area contributed by atoms with E-state index in [2.05, 4.69) is 23.9 Å². The number of benzene rings is 2. The van der Waals surface area contributed by atoms with Gasteiger partial charge in [0.1, 0.15) is 5.75 Å². The lowest BCUT2D eigenvalue weighted by atomic mass is 10.0. The van der Waals surface area contributed by atoms with Gasteiger partial charge >= 0.3 is 0 Å². The van der Waals surface area contributed by atoms with Crippen molar-refractivity contribution in [3.63, 3.8) is 0 Å². The van der Waals surface area contributed by atoms with E-state index < -0.39 is 10.0 Å². The van der Waals surface area contributed by atoms with Crippen LogP contribution in [-0.2, 0) is 14.8 Å². The first-order valence-electron chi connectivity index (χ1n) is 8.84. The molecule has 0 saturated heterocycles. The normalized spacial score (nSPS) is 11.4. The fraction of sp³-hybridized carbons (Fsp3) is 0.350. The number of carbonyl (C=O) groups excluding carboxylic acids is 1. The molecule has 0 spiro atoms. The third kappa shape index (κ3) is 6.37. The number of hydrogen-bond acceptors (Lipinski definition) is 4. The SMILES string of the molecule is Cc1ccc(C(C)C)c(OCC(=O)NCCNS(=O)(=O)c2ccccc2)c1. The van der Waals surface area contributed by atoms with Crippen molar-refractivity contribution in [2.24, 2.45) is 0 Å². The molecule has 2 N–H and O–H groups in total. The highest BCUT2D eigenvalue weighted by Crippen LogP contribution is 2.27. The third-order valence-electron chi connectivity index (χ3n) is 3.94. The maximum absolute atomic E-state index is 12.1. The van der Waals surface area contributed by atoms with Crippen molar-refractivity contribution in [1.29, 1.82) is 0 Å². The summed E-state index contributed by atoms with van der Waals surface area (Å²) in [5, 5.41) is 2.65. The lowest BCUT2D eigenvalue weighted by Crippen LogP contribution is -2.36. The van der Waals surface area contributed by atoms with Crippen molar-refractivity contribution in [1.82, 2.24) is 10.0 Å². The monoisotopic (exact) mass is 390 g/mol. The van der Waals surface area contributed by atoms with Crippen LogP contribution in [0.4, 0.5) is 0 Å². The van der Waals surface area contributed by atoms with E-state index in [-0.39, 0.29) is 36.4 Å². The van der Waals surface area contributed by atoms with E-state index >= 15 is 0 Å². The lowest BCUT2D eigenvalue weighted by Gasteiger charge is -2.15. The number of nitrogens with one attached hydrogen (secondary N) is 2. The smallest absolute Gasteiger partial charge is 0.257 e. The Kier molecular flexibility index (Phi) is 7.38. The molecule has 0 fully saturated rings. The first-order chi connectivity index (χ1) is 12.8. The van der Waals surface area contributed by atoms with Crippen LogP contribution in [0.5, 0.6) is 5.75 Å². The molecule has 0 radical (unpaired) electrons. The fourth-order valence-electron chi connectivity index (χ4n) is 2.51. The zero-order valence-electron chi connectivity index (χ0n) is 15.9. The summed E-state index contributed by atoms with van der Waals surface area (Å²) in [6.45, 7) is 6.27. The Hall–Kier alpha value is -2.38. The van der Waals surface area contributed by atoms with E-state index in [1.165, 1.54) is 12.1 Å². The fourth-order valence-corrected chi connectivity index (χ4v) is 3.56. The average Bonchev–Trinajstić information content (AvgIpc) is 2.64. The number of carbonyl (C=O) groups is 1. The summed E-state index contributed by atoms with van der Waals surface area (Å²) in [6, 6.07) is 14.0. The predicted molar refractivity (Wildman–Crippen MR) is 105 cm³/mol. The van der Waals surface area contributed by atoms with Gasteiger partial charge in [0, 0.05) is 13.1 Å². The predicted octanol–water partition coefficient (Wildman–Crippen LogP) is 2.59. The van der Waals surface area contributed by atoms with Gasteiger partial charge in [-0.3, -0.25) is 4.79 Å². The van der Waals surface area contributed by atoms with Crippen LogP contribution in [0.2, 0.25) is 0 Å². The minimum atomic E-state index is -3.57. The van der Waals surface area contributed by atoms with Crippen molar-refractivity contribution in [2.75, 3.05) is 19.7 Å². The van der Waals surface area contributed by atoms with E-state index in [9.17, 15) is 13.2 Å². The first kappa shape index (κ1) is 20.9. The molecule has 2 rings (SSSR count). The number of ether oxygens (including phenoxy) is 1. The molecule has 2 aromatic rings. The second-order valence-electron chi connectivity index (χ2n) is 6.55. The zero-order valence-corrected chi connectivity index (χ0v) is 16.7. The standard InChI is InChI=1S/C20H26N2O4S/c1-15(2)18-10-9-16(3)13-19(18)26-14-20(23)21-11-12-22-27(24,25)17-7-5-4-6-8-17/h4-10,13,15,22H,11-12,14H2,1-3H3,(H,21,23). The van der Waals surface area contributed by atoms with Crippen LogP contribution < -0.4 is 14.8 Å². The van der Waals surface area contributed by atoms with E-state index in [0.717, 1.165) is 11.1 Å². The molecule has 0 bridgehead atoms. The van der Waals surface area contributed by atoms with E-state index in [1.807, 2.05) is 25.1 Å². The molecule has 1 amide bonds. The van der Waals surface area contributed by atoms with Gasteiger partial charge < -0.3 is 10.1 Å². The molecule has 146 valence electrons. The van der Waals surface area contributed by atoms with Gasteiger partial charge in [0.25, 0.3) is 5.91 Å². The number of rotatable bonds is 9. The van der Waals surface area contributed by atoms with Crippen LogP contribution in [0.3, 0.4) is 0 Å². The summed E-state index contributed by atoms with van der Waals surface area (Å²) in [6.07, 6.45) is 0. The van der Waals surface area contributed by atoms with Gasteiger partial charge in [-0.2, -0.15) is 0 Å². The van der Waals surface area contributed by atoms with E-state index in [1.54, 1.807) is 18.2 Å². The summed E-state index contributed by atoms with van der Waals surface area (Å²) in [4.78, 5) is 12.2. The quantitative estimate of drug-likeness (QED) is 0.645. The zero-order chi connectivity index (χ0) is 19.9. The molecule has 6 nitrogen and oxygen atoms in total. The van der Waals surface area contributed by atoms with Crippen LogP contribution in [0.15, 0.2) is 53.4 Å². The topological polar surface area (TPSA) is 84.5 Å². The van der Waals surface area contributed by atoms with Crippen molar-refractivity contribution >= 4 is 15.9 Å². The average molecular weight is 391 g/mol. The highest BCUT2D eigenvalue weighted by molar-refractivity contribution is 7.89. The second-order valence-corrected chi connectivity index (χ2v) is 8.31. The molecule has 0 heterocycles. The minimum absolute atomic E-state index is 0.102. The van der Waals surface area contributed by atoms with Crippen LogP contribution in [0, 0.1) is 6.92 Å². The summed E-state index contributed by atoms with van der Waals surface area (Å²) in [5.74, 6) is 0.686. The second kappa shape index (κ2) is 9.53. The minimum Gasteiger partial charge on any atom is -0.483 e. The van der Waals surface area contributed by atoms with Crippen LogP contribution in [-0.4, -0.2) is 34.0 Å². The van der Waals surface area contributed by atoms with Gasteiger partial charge in [-0.25, -0.2) is 13.1 Å². The Morgan fingerprint density at radius 3 is 2.44 bits per heavy atom. The Morgan fingerprint density at radius 1 is 1.07 bits per heavy atom. The molecule has 0 aliphatic carbocycles. The number of hydrogen-bond donors (Lipinski definition) is 2. The van der Waals surface area contributed by atoms with E-state index in [4.69, 9.17) is 4.74 Å². The molecule has 2 aromatic carbocycles. The van der Waals surface area contributed by atoms with Gasteiger partial charge in [0.05, 0.1) is 4.90 Å². The van der Waals surface area contributed by atoms with Crippen LogP contribution in [0.1, 0.15) is 30.9 Å². The highest BCUT2D eigenvalue weighted by atomic mass is 32.2. The van der Waals surface area contributed by atoms with Gasteiger partial charge in [0.2, 0.25) is 10.0 Å². The molecule has 0 aromatic heterocycles. The Bertz CT molecular complexity index is 865. The summed E-state index contributed by atoms with van der Waals surface area (Å²) < 4.78 is 32.3. The Morgan fingerprint density at radius 2 is 1.78 bits per heavy atom. The van der Waals surface area contributed by atoms with Gasteiger partial charge in [-0.05, 0) is 42.2 Å². The number of amides is 1. The maximum atomic E-state index is 12.1.